The molecule has 0 aliphatic heterocycles. The molecule has 0 bridgehead atoms. The smallest absolute Gasteiger partial charge is 0.322 e. The molecular formula is C22H26N4O3. The summed E-state index contributed by atoms with van der Waals surface area (Å²) in [6.07, 6.45) is 8.64. The number of aryl methyl sites for hydroxylation is 2. The molecule has 0 spiro atoms. The number of hydrogen-bond acceptors (Lipinski definition) is 6. The number of hydrogen-bond donors (Lipinski definition) is 3. The molecule has 0 fully saturated rings. The zero-order valence-electron chi connectivity index (χ0n) is 16.8. The molecule has 3 N–H and O–H groups in total. The van der Waals surface area contributed by atoms with Crippen molar-refractivity contribution in [3.63, 3.8) is 0 Å². The molecule has 152 valence electrons. The van der Waals surface area contributed by atoms with E-state index in [-0.39, 0.29) is 12.3 Å². The monoisotopic (exact) mass is 394 g/mol. The third kappa shape index (κ3) is 6.07. The van der Waals surface area contributed by atoms with E-state index in [1.807, 2.05) is 12.1 Å². The number of anilines is 1. The van der Waals surface area contributed by atoms with E-state index in [4.69, 9.17) is 10.5 Å². The van der Waals surface area contributed by atoms with Gasteiger partial charge in [0.1, 0.15) is 18.1 Å². The second-order valence-corrected chi connectivity index (χ2v) is 6.79. The highest BCUT2D eigenvalue weighted by molar-refractivity contribution is 6.45. The normalized spacial score (nSPS) is 10.4. The van der Waals surface area contributed by atoms with Crippen molar-refractivity contribution < 1.29 is 14.7 Å². The van der Waals surface area contributed by atoms with E-state index < -0.39 is 11.8 Å². The molecule has 1 aromatic heterocycles. The highest BCUT2D eigenvalue weighted by Gasteiger charge is 2.18. The number of carbonyl (C=O) groups is 2. The van der Waals surface area contributed by atoms with Crippen LogP contribution in [0.5, 0.6) is 0 Å². The van der Waals surface area contributed by atoms with Crippen LogP contribution in [0, 0.1) is 12.3 Å². The van der Waals surface area contributed by atoms with E-state index >= 15 is 0 Å². The predicted molar refractivity (Wildman–Crippen MR) is 114 cm³/mol. The molecular weight excluding hydrogens is 368 g/mol. The second-order valence-electron chi connectivity index (χ2n) is 6.79. The zero-order chi connectivity index (χ0) is 21.4. The molecule has 0 saturated carbocycles. The molecule has 2 aromatic rings. The van der Waals surface area contributed by atoms with Gasteiger partial charge in [-0.15, -0.1) is 6.58 Å². The molecule has 0 radical (unpaired) electrons. The van der Waals surface area contributed by atoms with Gasteiger partial charge in [-0.1, -0.05) is 6.08 Å². The van der Waals surface area contributed by atoms with Crippen LogP contribution in [-0.4, -0.2) is 39.1 Å². The van der Waals surface area contributed by atoms with Gasteiger partial charge in [-0.3, -0.25) is 15.0 Å². The summed E-state index contributed by atoms with van der Waals surface area (Å²) in [6, 6.07) is 3.66. The molecule has 0 atom stereocenters. The van der Waals surface area contributed by atoms with E-state index in [9.17, 15) is 9.59 Å². The number of carboxylic acids is 1. The average molecular weight is 394 g/mol. The van der Waals surface area contributed by atoms with E-state index in [1.165, 1.54) is 6.92 Å². The molecule has 0 saturated heterocycles. The Bertz CT molecular complexity index is 920. The molecule has 2 rings (SSSR count). The summed E-state index contributed by atoms with van der Waals surface area (Å²) >= 11 is 0. The molecule has 1 aromatic carbocycles. The van der Waals surface area contributed by atoms with Crippen LogP contribution in [0.4, 0.5) is 5.69 Å². The molecule has 7 heteroatoms. The minimum absolute atomic E-state index is 0.167. The van der Waals surface area contributed by atoms with Crippen molar-refractivity contribution in [2.45, 2.75) is 39.5 Å². The fourth-order valence-corrected chi connectivity index (χ4v) is 2.97. The standard InChI is InChI=1S/C22H26N4O3/c1-4-5-6-7-8-16-9-17(18-11-24-15(3)25-12-18)10-19(21(23)14(2)27)22(16)26-13-20(28)29/h4,9-12,23,26H,1,5-8,13H2,2-3H3,(H,28,29). The Hall–Kier alpha value is -3.35. The number of aromatic nitrogens is 2. The maximum atomic E-state index is 11.9. The Morgan fingerprint density at radius 3 is 2.48 bits per heavy atom. The van der Waals surface area contributed by atoms with Crippen LogP contribution in [0.2, 0.25) is 0 Å². The molecule has 1 heterocycles. The van der Waals surface area contributed by atoms with Gasteiger partial charge in [0.25, 0.3) is 0 Å². The van der Waals surface area contributed by atoms with Crippen LogP contribution in [0.3, 0.4) is 0 Å². The number of nitrogens with zero attached hydrogens (tertiary/aromatic N) is 2. The highest BCUT2D eigenvalue weighted by Crippen LogP contribution is 2.31. The third-order valence-electron chi connectivity index (χ3n) is 4.48. The zero-order valence-corrected chi connectivity index (χ0v) is 16.8. The summed E-state index contributed by atoms with van der Waals surface area (Å²) in [5.74, 6) is -0.757. The van der Waals surface area contributed by atoms with E-state index in [1.54, 1.807) is 25.4 Å². The van der Waals surface area contributed by atoms with Crippen LogP contribution >= 0.6 is 0 Å². The van der Waals surface area contributed by atoms with Crippen molar-refractivity contribution in [2.24, 2.45) is 0 Å². The van der Waals surface area contributed by atoms with Crippen molar-refractivity contribution in [1.29, 1.82) is 5.41 Å². The number of allylic oxidation sites excluding steroid dienone is 1. The van der Waals surface area contributed by atoms with Crippen LogP contribution in [0.15, 0.2) is 37.2 Å². The number of unbranched alkanes of at least 4 members (excludes halogenated alkanes) is 2. The van der Waals surface area contributed by atoms with Gasteiger partial charge in [0.15, 0.2) is 5.78 Å². The lowest BCUT2D eigenvalue weighted by molar-refractivity contribution is -0.134. The van der Waals surface area contributed by atoms with Crippen LogP contribution in [0.25, 0.3) is 11.1 Å². The van der Waals surface area contributed by atoms with Gasteiger partial charge in [-0.2, -0.15) is 0 Å². The summed E-state index contributed by atoms with van der Waals surface area (Å²) in [5.41, 5.74) is 3.14. The largest absolute Gasteiger partial charge is 0.480 e. The molecule has 0 aliphatic carbocycles. The van der Waals surface area contributed by atoms with Crippen LogP contribution < -0.4 is 5.32 Å². The quantitative estimate of drug-likeness (QED) is 0.303. The number of rotatable bonds is 11. The second kappa shape index (κ2) is 10.3. The average Bonchev–Trinajstić information content (AvgIpc) is 2.69. The third-order valence-corrected chi connectivity index (χ3v) is 4.48. The van der Waals surface area contributed by atoms with Crippen molar-refractivity contribution in [2.75, 3.05) is 11.9 Å². The van der Waals surface area contributed by atoms with Gasteiger partial charge < -0.3 is 10.4 Å². The SMILES string of the molecule is C=CCCCCc1cc(-c2cnc(C)nc2)cc(C(=N)C(C)=O)c1NCC(=O)O. The lowest BCUT2D eigenvalue weighted by Gasteiger charge is -2.18. The maximum absolute atomic E-state index is 11.9. The number of nitrogens with one attached hydrogen (secondary N) is 2. The molecule has 0 unspecified atom stereocenters. The minimum Gasteiger partial charge on any atom is -0.480 e. The predicted octanol–water partition coefficient (Wildman–Crippen LogP) is 3.80. The Morgan fingerprint density at radius 2 is 1.90 bits per heavy atom. The Labute approximate surface area is 170 Å². The molecule has 29 heavy (non-hydrogen) atoms. The topological polar surface area (TPSA) is 116 Å². The number of carboxylic acid groups (broad SMARTS) is 1. The van der Waals surface area contributed by atoms with Gasteiger partial charge in [0.2, 0.25) is 0 Å². The Balaban J connectivity index is 2.57. The van der Waals surface area contributed by atoms with Gasteiger partial charge in [0, 0.05) is 36.1 Å². The first-order valence-electron chi connectivity index (χ1n) is 9.45. The summed E-state index contributed by atoms with van der Waals surface area (Å²) in [6.45, 7) is 6.56. The van der Waals surface area contributed by atoms with Gasteiger partial charge in [-0.05, 0) is 55.9 Å². The van der Waals surface area contributed by atoms with E-state index in [0.717, 1.165) is 36.0 Å². The van der Waals surface area contributed by atoms with E-state index in [0.29, 0.717) is 23.5 Å². The van der Waals surface area contributed by atoms with Crippen molar-refractivity contribution >= 4 is 23.2 Å². The van der Waals surface area contributed by atoms with Crippen LogP contribution in [-0.2, 0) is 16.0 Å². The van der Waals surface area contributed by atoms with Gasteiger partial charge >= 0.3 is 5.97 Å². The van der Waals surface area contributed by atoms with Crippen molar-refractivity contribution in [3.05, 3.63) is 54.1 Å². The molecule has 7 nitrogen and oxygen atoms in total. The summed E-state index contributed by atoms with van der Waals surface area (Å²) in [4.78, 5) is 31.5. The summed E-state index contributed by atoms with van der Waals surface area (Å²) in [7, 11) is 0. The lowest BCUT2D eigenvalue weighted by Crippen LogP contribution is -2.19. The Morgan fingerprint density at radius 1 is 1.21 bits per heavy atom. The minimum atomic E-state index is -1.01. The number of ketones is 1. The van der Waals surface area contributed by atoms with E-state index in [2.05, 4.69) is 21.9 Å². The van der Waals surface area contributed by atoms with Gasteiger partial charge in [-0.25, -0.2) is 9.97 Å². The number of carbonyl (C=O) groups excluding carboxylic acids is 1. The Kier molecular flexibility index (Phi) is 7.77. The van der Waals surface area contributed by atoms with Crippen LogP contribution in [0.1, 0.15) is 43.1 Å². The fourth-order valence-electron chi connectivity index (χ4n) is 2.97. The highest BCUT2D eigenvalue weighted by atomic mass is 16.4. The van der Waals surface area contributed by atoms with Gasteiger partial charge in [0.05, 0.1) is 0 Å². The first kappa shape index (κ1) is 21.9. The number of benzene rings is 1. The summed E-state index contributed by atoms with van der Waals surface area (Å²) < 4.78 is 0. The summed E-state index contributed by atoms with van der Waals surface area (Å²) in [5, 5.41) is 20.3. The number of aliphatic carboxylic acids is 1. The first-order valence-corrected chi connectivity index (χ1v) is 9.45. The fraction of sp³-hybridized carbons (Fsp3) is 0.318. The first-order chi connectivity index (χ1) is 13.8. The van der Waals surface area contributed by atoms with Crippen molar-refractivity contribution in [3.8, 4) is 11.1 Å². The lowest BCUT2D eigenvalue weighted by atomic mass is 9.92. The maximum Gasteiger partial charge on any atom is 0.322 e. The molecule has 0 aliphatic rings. The van der Waals surface area contributed by atoms with Crippen molar-refractivity contribution in [1.82, 2.24) is 9.97 Å². The number of Topliss-reactive ketones (excluding diaryl/α,β-unsaturated/α-hetero) is 1. The molecule has 0 amide bonds.